The number of hydrogen-bond acceptors (Lipinski definition) is 5. The summed E-state index contributed by atoms with van der Waals surface area (Å²) in [7, 11) is 0. The second-order valence-electron chi connectivity index (χ2n) is 6.69. The first-order valence-corrected chi connectivity index (χ1v) is 9.04. The molecule has 3 aromatic heterocycles. The summed E-state index contributed by atoms with van der Waals surface area (Å²) in [5.41, 5.74) is 1.29. The van der Waals surface area contributed by atoms with E-state index in [1.54, 1.807) is 12.3 Å². The van der Waals surface area contributed by atoms with Crippen molar-refractivity contribution in [2.45, 2.75) is 31.7 Å². The van der Waals surface area contributed by atoms with Crippen LogP contribution in [0.1, 0.15) is 25.7 Å². The molecule has 3 heterocycles. The molecule has 9 heteroatoms. The molecule has 140 valence electrons. The molecule has 0 saturated heterocycles. The molecule has 7 nitrogen and oxygen atoms in total. The number of H-pyrrole nitrogens is 1. The second kappa shape index (κ2) is 7.11. The lowest BCUT2D eigenvalue weighted by Crippen LogP contribution is -2.31. The largest absolute Gasteiger partial charge is 0.481 e. The smallest absolute Gasteiger partial charge is 0.306 e. The van der Waals surface area contributed by atoms with E-state index in [1.165, 1.54) is 6.20 Å². The summed E-state index contributed by atoms with van der Waals surface area (Å²) in [5.74, 6) is -1.40. The lowest BCUT2D eigenvalue weighted by Gasteiger charge is -2.27. The van der Waals surface area contributed by atoms with E-state index in [9.17, 15) is 14.3 Å². The summed E-state index contributed by atoms with van der Waals surface area (Å²) in [4.78, 5) is 26.9. The van der Waals surface area contributed by atoms with Crippen LogP contribution in [-0.4, -0.2) is 37.1 Å². The SMILES string of the molecule is O=C(O)[C@@H]1CCCC(Nc2nc(-c3c[nH]c4ncc(Cl)cc34)ncc2F)C1. The van der Waals surface area contributed by atoms with Crippen molar-refractivity contribution in [1.82, 2.24) is 19.9 Å². The Balaban J connectivity index is 1.63. The van der Waals surface area contributed by atoms with Crippen LogP contribution in [0.25, 0.3) is 22.4 Å². The fourth-order valence-electron chi connectivity index (χ4n) is 3.50. The van der Waals surface area contributed by atoms with Crippen LogP contribution in [0.4, 0.5) is 10.2 Å². The van der Waals surface area contributed by atoms with E-state index in [0.717, 1.165) is 24.4 Å². The maximum atomic E-state index is 14.3. The fraction of sp³-hybridized carbons (Fsp3) is 0.333. The number of aliphatic carboxylic acids is 1. The summed E-state index contributed by atoms with van der Waals surface area (Å²) in [6, 6.07) is 1.60. The van der Waals surface area contributed by atoms with Crippen LogP contribution in [0.15, 0.2) is 24.7 Å². The minimum absolute atomic E-state index is 0.0698. The van der Waals surface area contributed by atoms with Crippen LogP contribution < -0.4 is 5.32 Å². The van der Waals surface area contributed by atoms with Crippen LogP contribution in [0.3, 0.4) is 0 Å². The molecule has 1 aliphatic carbocycles. The number of halogens is 2. The lowest BCUT2D eigenvalue weighted by atomic mass is 9.86. The normalized spacial score (nSPS) is 19.9. The Morgan fingerprint density at radius 2 is 2.19 bits per heavy atom. The number of aromatic amines is 1. The molecular formula is C18H17ClFN5O2. The molecule has 0 aromatic carbocycles. The number of carboxylic acid groups (broad SMARTS) is 1. The number of nitrogens with one attached hydrogen (secondary N) is 2. The van der Waals surface area contributed by atoms with Crippen LogP contribution in [-0.2, 0) is 4.79 Å². The summed E-state index contributed by atoms with van der Waals surface area (Å²) in [6.07, 6.45) is 6.99. The van der Waals surface area contributed by atoms with Gasteiger partial charge in [-0.25, -0.2) is 19.3 Å². The first-order chi connectivity index (χ1) is 13.0. The molecule has 0 radical (unpaired) electrons. The van der Waals surface area contributed by atoms with E-state index in [4.69, 9.17) is 11.6 Å². The highest BCUT2D eigenvalue weighted by Gasteiger charge is 2.27. The first kappa shape index (κ1) is 17.7. The van der Waals surface area contributed by atoms with E-state index in [2.05, 4.69) is 25.3 Å². The van der Waals surface area contributed by atoms with Crippen molar-refractivity contribution in [2.75, 3.05) is 5.32 Å². The molecular weight excluding hydrogens is 373 g/mol. The fourth-order valence-corrected chi connectivity index (χ4v) is 3.66. The quantitative estimate of drug-likeness (QED) is 0.625. The Bertz CT molecular complexity index is 1010. The minimum atomic E-state index is -0.812. The Kier molecular flexibility index (Phi) is 4.65. The van der Waals surface area contributed by atoms with Gasteiger partial charge in [-0.15, -0.1) is 0 Å². The zero-order valence-corrected chi connectivity index (χ0v) is 15.0. The minimum Gasteiger partial charge on any atom is -0.481 e. The molecule has 0 bridgehead atoms. The first-order valence-electron chi connectivity index (χ1n) is 8.66. The summed E-state index contributed by atoms with van der Waals surface area (Å²) in [5, 5.41) is 13.5. The Labute approximate surface area is 159 Å². The summed E-state index contributed by atoms with van der Waals surface area (Å²) in [6.45, 7) is 0. The average molecular weight is 390 g/mol. The zero-order valence-electron chi connectivity index (χ0n) is 14.2. The van der Waals surface area contributed by atoms with Crippen molar-refractivity contribution < 1.29 is 14.3 Å². The van der Waals surface area contributed by atoms with E-state index >= 15 is 0 Å². The molecule has 1 unspecified atom stereocenters. The van der Waals surface area contributed by atoms with Crippen molar-refractivity contribution in [3.63, 3.8) is 0 Å². The summed E-state index contributed by atoms with van der Waals surface area (Å²) >= 11 is 6.02. The van der Waals surface area contributed by atoms with Gasteiger partial charge < -0.3 is 15.4 Å². The highest BCUT2D eigenvalue weighted by atomic mass is 35.5. The van der Waals surface area contributed by atoms with Crippen LogP contribution in [0.2, 0.25) is 5.02 Å². The third-order valence-corrected chi connectivity index (χ3v) is 5.05. The maximum Gasteiger partial charge on any atom is 0.306 e. The highest BCUT2D eigenvalue weighted by Crippen LogP contribution is 2.30. The van der Waals surface area contributed by atoms with Crippen molar-refractivity contribution >= 4 is 34.4 Å². The zero-order chi connectivity index (χ0) is 19.0. The van der Waals surface area contributed by atoms with Crippen LogP contribution >= 0.6 is 11.6 Å². The average Bonchev–Trinajstić information content (AvgIpc) is 3.07. The Hall–Kier alpha value is -2.74. The molecule has 1 saturated carbocycles. The van der Waals surface area contributed by atoms with E-state index in [-0.39, 0.29) is 11.9 Å². The van der Waals surface area contributed by atoms with Crippen LogP contribution in [0, 0.1) is 11.7 Å². The van der Waals surface area contributed by atoms with E-state index in [0.29, 0.717) is 34.9 Å². The molecule has 1 fully saturated rings. The number of hydrogen-bond donors (Lipinski definition) is 3. The highest BCUT2D eigenvalue weighted by molar-refractivity contribution is 6.31. The topological polar surface area (TPSA) is 104 Å². The van der Waals surface area contributed by atoms with E-state index < -0.39 is 17.7 Å². The second-order valence-corrected chi connectivity index (χ2v) is 7.12. The Morgan fingerprint density at radius 3 is 3.00 bits per heavy atom. The van der Waals surface area contributed by atoms with Gasteiger partial charge in [-0.1, -0.05) is 18.0 Å². The molecule has 0 spiro atoms. The van der Waals surface area contributed by atoms with Gasteiger partial charge in [-0.05, 0) is 25.3 Å². The predicted molar refractivity (Wildman–Crippen MR) is 99.1 cm³/mol. The Morgan fingerprint density at radius 1 is 1.33 bits per heavy atom. The maximum absolute atomic E-state index is 14.3. The molecule has 0 aliphatic heterocycles. The standard InChI is InChI=1S/C18H17ClFN5O2/c19-10-5-12-13(7-22-15(12)21-6-10)16-23-8-14(20)17(25-16)24-11-3-1-2-9(4-11)18(26)27/h5-9,11H,1-4H2,(H,21,22)(H,26,27)(H,23,24,25)/t9-,11?/m1/s1. The van der Waals surface area contributed by atoms with Crippen molar-refractivity contribution in [2.24, 2.45) is 5.92 Å². The molecule has 0 amide bonds. The number of carbonyl (C=O) groups is 1. The molecule has 2 atom stereocenters. The van der Waals surface area contributed by atoms with Gasteiger partial charge in [0.2, 0.25) is 0 Å². The van der Waals surface area contributed by atoms with Crippen molar-refractivity contribution in [3.05, 3.63) is 35.5 Å². The number of pyridine rings is 1. The number of fused-ring (bicyclic) bond motifs is 1. The van der Waals surface area contributed by atoms with Gasteiger partial charge >= 0.3 is 5.97 Å². The third-order valence-electron chi connectivity index (χ3n) is 4.85. The predicted octanol–water partition coefficient (Wildman–Crippen LogP) is 3.87. The number of aromatic nitrogens is 4. The molecule has 1 aliphatic rings. The monoisotopic (exact) mass is 389 g/mol. The molecule has 3 N–H and O–H groups in total. The van der Waals surface area contributed by atoms with Gasteiger partial charge in [0.15, 0.2) is 17.5 Å². The van der Waals surface area contributed by atoms with Crippen molar-refractivity contribution in [3.8, 4) is 11.4 Å². The third kappa shape index (κ3) is 3.57. The summed E-state index contributed by atoms with van der Waals surface area (Å²) < 4.78 is 14.3. The number of anilines is 1. The van der Waals surface area contributed by atoms with Gasteiger partial charge in [-0.2, -0.15) is 0 Å². The molecule has 4 rings (SSSR count). The molecule has 3 aromatic rings. The van der Waals surface area contributed by atoms with Gasteiger partial charge in [0.1, 0.15) is 5.65 Å². The number of nitrogens with zero attached hydrogens (tertiary/aromatic N) is 3. The van der Waals surface area contributed by atoms with E-state index in [1.807, 2.05) is 0 Å². The van der Waals surface area contributed by atoms with Gasteiger partial charge in [0, 0.05) is 29.4 Å². The lowest BCUT2D eigenvalue weighted by molar-refractivity contribution is -0.142. The van der Waals surface area contributed by atoms with Gasteiger partial charge in [-0.3, -0.25) is 4.79 Å². The van der Waals surface area contributed by atoms with Gasteiger partial charge in [0.05, 0.1) is 17.1 Å². The molecule has 27 heavy (non-hydrogen) atoms. The number of rotatable bonds is 4. The number of carboxylic acids is 1. The van der Waals surface area contributed by atoms with Crippen molar-refractivity contribution in [1.29, 1.82) is 0 Å². The van der Waals surface area contributed by atoms with Crippen LogP contribution in [0.5, 0.6) is 0 Å². The van der Waals surface area contributed by atoms with Gasteiger partial charge in [0.25, 0.3) is 0 Å².